The maximum Gasteiger partial charge on any atom is 0.253 e. The van der Waals surface area contributed by atoms with Crippen molar-refractivity contribution in [1.82, 2.24) is 15.2 Å². The van der Waals surface area contributed by atoms with E-state index in [1.807, 2.05) is 60.7 Å². The molecule has 2 heterocycles. The molecule has 1 amide bonds. The fraction of sp³-hybridized carbons (Fsp3) is 0.290. The standard InChI is InChI=1S/C31H35N5O3/c1-38-24-14-12-23(13-15-24)36-20-18-35(19-21-36)17-7-16-32-31(37)27-22-33-30(26-9-4-3-8-25(26)27)34-28-10-5-6-11-29(28)39-2/h3-6,8-15,22H,7,16-21H2,1-2H3,(H,32,37)(H,33,34). The van der Waals surface area contributed by atoms with Gasteiger partial charge >= 0.3 is 0 Å². The third-order valence-corrected chi connectivity index (χ3v) is 7.15. The summed E-state index contributed by atoms with van der Waals surface area (Å²) in [6.45, 7) is 5.58. The minimum Gasteiger partial charge on any atom is -0.497 e. The molecule has 0 radical (unpaired) electrons. The second kappa shape index (κ2) is 12.5. The molecule has 2 N–H and O–H groups in total. The molecule has 1 aliphatic heterocycles. The van der Waals surface area contributed by atoms with Crippen molar-refractivity contribution in [1.29, 1.82) is 0 Å². The minimum absolute atomic E-state index is 0.105. The van der Waals surface area contributed by atoms with Crippen LogP contribution in [0.4, 0.5) is 17.2 Å². The fourth-order valence-corrected chi connectivity index (χ4v) is 4.97. The summed E-state index contributed by atoms with van der Waals surface area (Å²) in [4.78, 5) is 22.6. The van der Waals surface area contributed by atoms with E-state index in [-0.39, 0.29) is 5.91 Å². The Kier molecular flexibility index (Phi) is 8.43. The lowest BCUT2D eigenvalue weighted by Gasteiger charge is -2.36. The fourth-order valence-electron chi connectivity index (χ4n) is 4.97. The van der Waals surface area contributed by atoms with Crippen LogP contribution in [0.15, 0.2) is 79.0 Å². The van der Waals surface area contributed by atoms with E-state index in [9.17, 15) is 4.79 Å². The van der Waals surface area contributed by atoms with E-state index in [1.165, 1.54) is 5.69 Å². The first kappa shape index (κ1) is 26.3. The summed E-state index contributed by atoms with van der Waals surface area (Å²) in [6.07, 6.45) is 2.54. The molecule has 1 fully saturated rings. The summed E-state index contributed by atoms with van der Waals surface area (Å²) >= 11 is 0. The molecule has 202 valence electrons. The number of ether oxygens (including phenoxy) is 2. The average Bonchev–Trinajstić information content (AvgIpc) is 3.00. The van der Waals surface area contributed by atoms with Crippen LogP contribution in [0, 0.1) is 0 Å². The van der Waals surface area contributed by atoms with Crippen LogP contribution < -0.4 is 25.0 Å². The van der Waals surface area contributed by atoms with Crippen molar-refractivity contribution in [2.24, 2.45) is 0 Å². The lowest BCUT2D eigenvalue weighted by atomic mass is 10.1. The summed E-state index contributed by atoms with van der Waals surface area (Å²) < 4.78 is 10.7. The zero-order valence-electron chi connectivity index (χ0n) is 22.5. The molecule has 0 unspecified atom stereocenters. The van der Waals surface area contributed by atoms with Crippen LogP contribution in [0.3, 0.4) is 0 Å². The smallest absolute Gasteiger partial charge is 0.253 e. The van der Waals surface area contributed by atoms with Gasteiger partial charge in [0.15, 0.2) is 0 Å². The van der Waals surface area contributed by atoms with Crippen LogP contribution in [0.5, 0.6) is 11.5 Å². The number of amides is 1. The van der Waals surface area contributed by atoms with Crippen LogP contribution in [-0.4, -0.2) is 69.3 Å². The van der Waals surface area contributed by atoms with Crippen molar-refractivity contribution in [3.63, 3.8) is 0 Å². The van der Waals surface area contributed by atoms with E-state index in [1.54, 1.807) is 20.4 Å². The van der Waals surface area contributed by atoms with Gasteiger partial charge in [-0.1, -0.05) is 36.4 Å². The summed E-state index contributed by atoms with van der Waals surface area (Å²) in [5, 5.41) is 8.19. The van der Waals surface area contributed by atoms with E-state index in [0.29, 0.717) is 17.9 Å². The molecule has 5 rings (SSSR count). The number of benzene rings is 3. The first-order valence-corrected chi connectivity index (χ1v) is 13.3. The number of carbonyl (C=O) groups excluding carboxylic acids is 1. The second-order valence-electron chi connectivity index (χ2n) is 9.53. The molecule has 0 aliphatic carbocycles. The van der Waals surface area contributed by atoms with Gasteiger partial charge in [-0.2, -0.15) is 0 Å². The largest absolute Gasteiger partial charge is 0.497 e. The summed E-state index contributed by atoms with van der Waals surface area (Å²) in [5.41, 5.74) is 2.62. The summed E-state index contributed by atoms with van der Waals surface area (Å²) in [6, 6.07) is 23.8. The van der Waals surface area contributed by atoms with E-state index < -0.39 is 0 Å². The lowest BCUT2D eigenvalue weighted by Crippen LogP contribution is -2.47. The monoisotopic (exact) mass is 525 g/mol. The van der Waals surface area contributed by atoms with Gasteiger partial charge in [0, 0.05) is 50.0 Å². The lowest BCUT2D eigenvalue weighted by molar-refractivity contribution is 0.0953. The van der Waals surface area contributed by atoms with Crippen LogP contribution >= 0.6 is 0 Å². The Balaban J connectivity index is 1.14. The molecule has 8 heteroatoms. The number of hydrogen-bond donors (Lipinski definition) is 2. The van der Waals surface area contributed by atoms with Gasteiger partial charge in [-0.15, -0.1) is 0 Å². The van der Waals surface area contributed by atoms with Gasteiger partial charge in [-0.05, 0) is 54.8 Å². The minimum atomic E-state index is -0.105. The highest BCUT2D eigenvalue weighted by atomic mass is 16.5. The Morgan fingerprint density at radius 3 is 2.33 bits per heavy atom. The molecule has 0 spiro atoms. The van der Waals surface area contributed by atoms with Crippen molar-refractivity contribution in [2.45, 2.75) is 6.42 Å². The summed E-state index contributed by atoms with van der Waals surface area (Å²) in [5.74, 6) is 2.18. The van der Waals surface area contributed by atoms with Crippen molar-refractivity contribution < 1.29 is 14.3 Å². The van der Waals surface area contributed by atoms with E-state index >= 15 is 0 Å². The van der Waals surface area contributed by atoms with Gasteiger partial charge < -0.3 is 25.0 Å². The predicted octanol–water partition coefficient (Wildman–Crippen LogP) is 4.94. The van der Waals surface area contributed by atoms with Crippen LogP contribution in [0.2, 0.25) is 0 Å². The molecule has 1 aromatic heterocycles. The number of hydrogen-bond acceptors (Lipinski definition) is 7. The van der Waals surface area contributed by atoms with Gasteiger partial charge in [0.05, 0.1) is 25.5 Å². The third-order valence-electron chi connectivity index (χ3n) is 7.15. The highest BCUT2D eigenvalue weighted by molar-refractivity contribution is 6.09. The quantitative estimate of drug-likeness (QED) is 0.284. The highest BCUT2D eigenvalue weighted by Crippen LogP contribution is 2.31. The number of piperazine rings is 1. The topological polar surface area (TPSA) is 79.0 Å². The number of anilines is 3. The number of nitrogens with one attached hydrogen (secondary N) is 2. The molecular weight excluding hydrogens is 490 g/mol. The first-order valence-electron chi connectivity index (χ1n) is 13.3. The Hall–Kier alpha value is -4.30. The zero-order chi connectivity index (χ0) is 27.0. The van der Waals surface area contributed by atoms with Crippen LogP contribution in [0.25, 0.3) is 10.8 Å². The predicted molar refractivity (Wildman–Crippen MR) is 157 cm³/mol. The molecule has 0 atom stereocenters. The van der Waals surface area contributed by atoms with Gasteiger partial charge in [-0.3, -0.25) is 9.69 Å². The number of fused-ring (bicyclic) bond motifs is 1. The Bertz CT molecular complexity index is 1400. The van der Waals surface area contributed by atoms with Crippen LogP contribution in [-0.2, 0) is 0 Å². The van der Waals surface area contributed by atoms with Gasteiger partial charge in [0.2, 0.25) is 0 Å². The van der Waals surface area contributed by atoms with E-state index in [4.69, 9.17) is 9.47 Å². The van der Waals surface area contributed by atoms with Gasteiger partial charge in [0.1, 0.15) is 17.3 Å². The Morgan fingerprint density at radius 2 is 1.59 bits per heavy atom. The van der Waals surface area contributed by atoms with Crippen molar-refractivity contribution in [3.8, 4) is 11.5 Å². The van der Waals surface area contributed by atoms with Crippen LogP contribution in [0.1, 0.15) is 16.8 Å². The van der Waals surface area contributed by atoms with E-state index in [2.05, 4.69) is 37.6 Å². The van der Waals surface area contributed by atoms with Crippen molar-refractivity contribution in [3.05, 3.63) is 84.6 Å². The first-order chi connectivity index (χ1) is 19.2. The Labute approximate surface area is 229 Å². The van der Waals surface area contributed by atoms with Gasteiger partial charge in [-0.25, -0.2) is 4.98 Å². The number of methoxy groups -OCH3 is 2. The number of para-hydroxylation sites is 2. The molecule has 0 bridgehead atoms. The molecule has 1 aliphatic rings. The molecule has 1 saturated heterocycles. The molecule has 3 aromatic carbocycles. The summed E-state index contributed by atoms with van der Waals surface area (Å²) in [7, 11) is 3.33. The average molecular weight is 526 g/mol. The number of rotatable bonds is 10. The molecule has 8 nitrogen and oxygen atoms in total. The number of carbonyl (C=O) groups is 1. The molecule has 39 heavy (non-hydrogen) atoms. The van der Waals surface area contributed by atoms with Gasteiger partial charge in [0.25, 0.3) is 5.91 Å². The number of pyridine rings is 1. The maximum absolute atomic E-state index is 13.1. The number of aromatic nitrogens is 1. The Morgan fingerprint density at radius 1 is 0.872 bits per heavy atom. The molecule has 4 aromatic rings. The highest BCUT2D eigenvalue weighted by Gasteiger charge is 2.18. The third kappa shape index (κ3) is 6.23. The maximum atomic E-state index is 13.1. The second-order valence-corrected chi connectivity index (χ2v) is 9.53. The van der Waals surface area contributed by atoms with Crippen molar-refractivity contribution in [2.75, 3.05) is 63.7 Å². The SMILES string of the molecule is COc1ccc(N2CCN(CCCNC(=O)c3cnc(Nc4ccccc4OC)c4ccccc34)CC2)cc1. The molecule has 0 saturated carbocycles. The number of nitrogens with zero attached hydrogens (tertiary/aromatic N) is 3. The normalized spacial score (nSPS) is 13.7. The molecular formula is C31H35N5O3. The van der Waals surface area contributed by atoms with Crippen molar-refractivity contribution >= 4 is 33.9 Å². The van der Waals surface area contributed by atoms with E-state index in [0.717, 1.165) is 67.1 Å². The zero-order valence-corrected chi connectivity index (χ0v) is 22.5.